The van der Waals surface area contributed by atoms with Crippen molar-refractivity contribution >= 4 is 21.6 Å². The van der Waals surface area contributed by atoms with Crippen molar-refractivity contribution in [1.29, 1.82) is 0 Å². The zero-order valence-corrected chi connectivity index (χ0v) is 14.5. The molecule has 1 amide bonds. The van der Waals surface area contributed by atoms with Gasteiger partial charge in [0.15, 0.2) is 0 Å². The van der Waals surface area contributed by atoms with Crippen LogP contribution in [0.25, 0.3) is 0 Å². The van der Waals surface area contributed by atoms with Crippen LogP contribution in [0.2, 0.25) is 0 Å². The highest BCUT2D eigenvalue weighted by Gasteiger charge is 2.27. The molecule has 0 heterocycles. The van der Waals surface area contributed by atoms with E-state index in [0.717, 1.165) is 12.1 Å². The largest absolute Gasteiger partial charge is 0.506 e. The second kappa shape index (κ2) is 8.50. The summed E-state index contributed by atoms with van der Waals surface area (Å²) in [5, 5.41) is 13.8. The summed E-state index contributed by atoms with van der Waals surface area (Å²) < 4.78 is 62.1. The Morgan fingerprint density at radius 1 is 1.24 bits per heavy atom. The smallest absolute Gasteiger partial charge is 0.401 e. The first-order chi connectivity index (χ1) is 11.5. The van der Waals surface area contributed by atoms with Gasteiger partial charge < -0.3 is 15.7 Å². The van der Waals surface area contributed by atoms with Crippen LogP contribution < -0.4 is 10.6 Å². The summed E-state index contributed by atoms with van der Waals surface area (Å²) >= 11 is 0. The molecule has 0 aliphatic heterocycles. The zero-order chi connectivity index (χ0) is 19.3. The van der Waals surface area contributed by atoms with E-state index in [2.05, 4.69) is 5.32 Å². The molecule has 0 aromatic heterocycles. The standard InChI is InChI=1S/C14H20F3N3O4S/c1-3-20(4-2)25(23,24)10-5-6-12(21)11(7-10)19-13(22)8-18-9-14(15,16)17/h5-7,18,21H,3-4,8-9H2,1-2H3,(H,19,22). The number of nitrogens with zero attached hydrogens (tertiary/aromatic N) is 1. The molecule has 11 heteroatoms. The highest BCUT2D eigenvalue weighted by molar-refractivity contribution is 7.89. The Morgan fingerprint density at radius 2 is 1.84 bits per heavy atom. The normalized spacial score (nSPS) is 12.4. The van der Waals surface area contributed by atoms with Crippen molar-refractivity contribution in [1.82, 2.24) is 9.62 Å². The van der Waals surface area contributed by atoms with Crippen LogP contribution in [0.1, 0.15) is 13.8 Å². The minimum atomic E-state index is -4.46. The van der Waals surface area contributed by atoms with Gasteiger partial charge in [-0.1, -0.05) is 13.8 Å². The topological polar surface area (TPSA) is 98.7 Å². The van der Waals surface area contributed by atoms with Gasteiger partial charge in [0, 0.05) is 13.1 Å². The molecule has 3 N–H and O–H groups in total. The molecule has 1 aromatic carbocycles. The molecule has 7 nitrogen and oxygen atoms in total. The third-order valence-electron chi connectivity index (χ3n) is 3.20. The average Bonchev–Trinajstić information content (AvgIpc) is 2.49. The fourth-order valence-electron chi connectivity index (χ4n) is 2.00. The minimum Gasteiger partial charge on any atom is -0.506 e. The molecule has 0 fully saturated rings. The summed E-state index contributed by atoms with van der Waals surface area (Å²) in [5.74, 6) is -1.25. The third kappa shape index (κ3) is 6.18. The van der Waals surface area contributed by atoms with E-state index in [4.69, 9.17) is 0 Å². The lowest BCUT2D eigenvalue weighted by Crippen LogP contribution is -2.35. The summed E-state index contributed by atoms with van der Waals surface area (Å²) in [5.41, 5.74) is -0.202. The van der Waals surface area contributed by atoms with E-state index in [-0.39, 0.29) is 23.7 Å². The SMILES string of the molecule is CCN(CC)S(=O)(=O)c1ccc(O)c(NC(=O)CNCC(F)(F)F)c1. The molecule has 0 atom stereocenters. The summed E-state index contributed by atoms with van der Waals surface area (Å²) in [6.07, 6.45) is -4.46. The Hall–Kier alpha value is -1.85. The van der Waals surface area contributed by atoms with Crippen LogP contribution in [-0.2, 0) is 14.8 Å². The lowest BCUT2D eigenvalue weighted by atomic mass is 10.3. The molecule has 142 valence electrons. The number of phenols is 1. The van der Waals surface area contributed by atoms with Gasteiger partial charge in [0.1, 0.15) is 5.75 Å². The first-order valence-corrected chi connectivity index (χ1v) is 8.85. The number of carbonyl (C=O) groups is 1. The zero-order valence-electron chi connectivity index (χ0n) is 13.7. The van der Waals surface area contributed by atoms with E-state index in [9.17, 15) is 31.5 Å². The second-order valence-corrected chi connectivity index (χ2v) is 6.97. The van der Waals surface area contributed by atoms with E-state index in [1.165, 1.54) is 10.4 Å². The number of alkyl halides is 3. The van der Waals surface area contributed by atoms with Gasteiger partial charge in [-0.3, -0.25) is 4.79 Å². The summed E-state index contributed by atoms with van der Waals surface area (Å²) in [7, 11) is -3.81. The molecule has 0 spiro atoms. The lowest BCUT2D eigenvalue weighted by Gasteiger charge is -2.19. The number of benzene rings is 1. The average molecular weight is 383 g/mol. The van der Waals surface area contributed by atoms with Crippen molar-refractivity contribution in [3.8, 4) is 5.75 Å². The predicted molar refractivity (Wildman–Crippen MR) is 85.8 cm³/mol. The molecule has 1 rings (SSSR count). The van der Waals surface area contributed by atoms with E-state index in [1.54, 1.807) is 13.8 Å². The molecule has 0 aliphatic rings. The number of phenolic OH excluding ortho intramolecular Hbond substituents is 1. The van der Waals surface area contributed by atoms with Gasteiger partial charge in [-0.2, -0.15) is 17.5 Å². The van der Waals surface area contributed by atoms with Crippen LogP contribution in [0.3, 0.4) is 0 Å². The summed E-state index contributed by atoms with van der Waals surface area (Å²) in [6, 6.07) is 3.33. The molecular formula is C14H20F3N3O4S. The number of nitrogens with one attached hydrogen (secondary N) is 2. The lowest BCUT2D eigenvalue weighted by molar-refractivity contribution is -0.127. The maximum Gasteiger partial charge on any atom is 0.401 e. The van der Waals surface area contributed by atoms with Gasteiger partial charge in [0.2, 0.25) is 15.9 Å². The molecule has 0 aliphatic carbocycles. The van der Waals surface area contributed by atoms with Gasteiger partial charge in [0.05, 0.1) is 23.7 Å². The maximum absolute atomic E-state index is 12.4. The first kappa shape index (κ1) is 21.2. The Labute approximate surface area is 143 Å². The Kier molecular flexibility index (Phi) is 7.20. The number of halogens is 3. The molecule has 0 saturated heterocycles. The van der Waals surface area contributed by atoms with Crippen LogP contribution in [-0.4, -0.2) is 56.1 Å². The molecule has 1 aromatic rings. The van der Waals surface area contributed by atoms with Crippen molar-refractivity contribution in [3.63, 3.8) is 0 Å². The number of anilines is 1. The van der Waals surface area contributed by atoms with Gasteiger partial charge in [-0.15, -0.1) is 0 Å². The van der Waals surface area contributed by atoms with Crippen LogP contribution in [0.5, 0.6) is 5.75 Å². The van der Waals surface area contributed by atoms with E-state index in [0.29, 0.717) is 0 Å². The van der Waals surface area contributed by atoms with Gasteiger partial charge in [-0.05, 0) is 18.2 Å². The maximum atomic E-state index is 12.4. The van der Waals surface area contributed by atoms with Gasteiger partial charge in [0.25, 0.3) is 0 Å². The van der Waals surface area contributed by atoms with Gasteiger partial charge in [-0.25, -0.2) is 8.42 Å². The highest BCUT2D eigenvalue weighted by atomic mass is 32.2. The van der Waals surface area contributed by atoms with E-state index in [1.807, 2.05) is 5.32 Å². The van der Waals surface area contributed by atoms with Crippen LogP contribution in [0.15, 0.2) is 23.1 Å². The van der Waals surface area contributed by atoms with Crippen LogP contribution >= 0.6 is 0 Å². The monoisotopic (exact) mass is 383 g/mol. The van der Waals surface area contributed by atoms with E-state index < -0.39 is 40.9 Å². The number of hydrogen-bond donors (Lipinski definition) is 3. The van der Waals surface area contributed by atoms with Crippen LogP contribution in [0, 0.1) is 0 Å². The number of hydrogen-bond acceptors (Lipinski definition) is 5. The predicted octanol–water partition coefficient (Wildman–Crippen LogP) is 1.51. The number of rotatable bonds is 8. The number of aromatic hydroxyl groups is 1. The van der Waals surface area contributed by atoms with Crippen molar-refractivity contribution in [2.24, 2.45) is 0 Å². The first-order valence-electron chi connectivity index (χ1n) is 7.41. The molecule has 0 unspecified atom stereocenters. The summed E-state index contributed by atoms with van der Waals surface area (Å²) in [6.45, 7) is 1.81. The Morgan fingerprint density at radius 3 is 2.36 bits per heavy atom. The number of sulfonamides is 1. The second-order valence-electron chi connectivity index (χ2n) is 5.04. The summed E-state index contributed by atoms with van der Waals surface area (Å²) in [4.78, 5) is 11.5. The quantitative estimate of drug-likeness (QED) is 0.591. The van der Waals surface area contributed by atoms with Crippen molar-refractivity contribution < 1.29 is 31.5 Å². The van der Waals surface area contributed by atoms with Crippen molar-refractivity contribution in [2.75, 3.05) is 31.5 Å². The van der Waals surface area contributed by atoms with Crippen molar-refractivity contribution in [3.05, 3.63) is 18.2 Å². The fraction of sp³-hybridized carbons (Fsp3) is 0.500. The number of amides is 1. The Bertz CT molecular complexity index is 704. The van der Waals surface area contributed by atoms with Crippen LogP contribution in [0.4, 0.5) is 18.9 Å². The number of carbonyl (C=O) groups excluding carboxylic acids is 1. The van der Waals surface area contributed by atoms with Crippen molar-refractivity contribution in [2.45, 2.75) is 24.9 Å². The van der Waals surface area contributed by atoms with Gasteiger partial charge >= 0.3 is 6.18 Å². The third-order valence-corrected chi connectivity index (χ3v) is 5.24. The molecular weight excluding hydrogens is 363 g/mol. The highest BCUT2D eigenvalue weighted by Crippen LogP contribution is 2.27. The molecule has 25 heavy (non-hydrogen) atoms. The molecule has 0 saturated carbocycles. The molecule has 0 bridgehead atoms. The fourth-order valence-corrected chi connectivity index (χ4v) is 3.49. The minimum absolute atomic E-state index is 0.146. The Balaban J connectivity index is 2.90. The van der Waals surface area contributed by atoms with E-state index >= 15 is 0 Å². The molecule has 0 radical (unpaired) electrons.